The van der Waals surface area contributed by atoms with Crippen molar-refractivity contribution >= 4 is 50.0 Å². The second kappa shape index (κ2) is 8.25. The van der Waals surface area contributed by atoms with Gasteiger partial charge in [0.2, 0.25) is 11.8 Å². The fraction of sp³-hybridized carbons (Fsp3) is 0.103. The number of nitrogens with zero attached hydrogens (tertiary/aromatic N) is 4. The average Bonchev–Trinajstić information content (AvgIpc) is 3.55. The minimum atomic E-state index is 0.723. The first kappa shape index (κ1) is 21.7. The molecule has 0 unspecified atom stereocenters. The van der Waals surface area contributed by atoms with Gasteiger partial charge in [-0.15, -0.1) is 0 Å². The van der Waals surface area contributed by atoms with Crippen LogP contribution >= 0.6 is 11.3 Å². The van der Waals surface area contributed by atoms with E-state index in [-0.39, 0.29) is 0 Å². The zero-order valence-electron chi connectivity index (χ0n) is 20.5. The Morgan fingerprint density at radius 3 is 2.14 bits per heavy atom. The number of ether oxygens (including phenoxy) is 3. The summed E-state index contributed by atoms with van der Waals surface area (Å²) in [5.74, 6) is 3.96. The van der Waals surface area contributed by atoms with E-state index in [1.807, 2.05) is 79.7 Å². The molecule has 182 valence electrons. The van der Waals surface area contributed by atoms with Gasteiger partial charge in [-0.3, -0.25) is 0 Å². The van der Waals surface area contributed by atoms with Gasteiger partial charge in [-0.05, 0) is 52.7 Å². The van der Waals surface area contributed by atoms with Crippen LogP contribution in [0.25, 0.3) is 27.3 Å². The van der Waals surface area contributed by atoms with Crippen molar-refractivity contribution in [3.05, 3.63) is 96.0 Å². The zero-order chi connectivity index (χ0) is 25.1. The minimum absolute atomic E-state index is 0.723. The summed E-state index contributed by atoms with van der Waals surface area (Å²) in [6.45, 7) is 0. The van der Waals surface area contributed by atoms with Crippen molar-refractivity contribution in [2.24, 2.45) is 0 Å². The van der Waals surface area contributed by atoms with Gasteiger partial charge in [-0.25, -0.2) is 0 Å². The molecule has 5 aromatic rings. The highest BCUT2D eigenvalue weighted by Crippen LogP contribution is 2.39. The maximum atomic E-state index is 6.22. The van der Waals surface area contributed by atoms with Gasteiger partial charge in [0.25, 0.3) is 0 Å². The van der Waals surface area contributed by atoms with Crippen molar-refractivity contribution < 1.29 is 18.6 Å². The van der Waals surface area contributed by atoms with Gasteiger partial charge in [0.1, 0.15) is 11.4 Å². The molecule has 0 saturated heterocycles. The maximum Gasteiger partial charge on any atom is 0.389 e. The highest BCUT2D eigenvalue weighted by Gasteiger charge is 2.27. The predicted octanol–water partition coefficient (Wildman–Crippen LogP) is 5.70. The van der Waals surface area contributed by atoms with E-state index >= 15 is 0 Å². The monoisotopic (exact) mass is 507 g/mol. The molecular formula is C29H23N4O3S+. The quantitative estimate of drug-likeness (QED) is 0.292. The molecule has 0 spiro atoms. The SMILES string of the molecule is COc1ccc2c(c1)sc1nc(/C=C3/Oc4ccccc4N3C)cc(/C=C3\Oc4ccccc4N3C)[n+]12. The van der Waals surface area contributed by atoms with Crippen LogP contribution in [-0.4, -0.2) is 26.2 Å². The number of methoxy groups -OCH3 is 1. The summed E-state index contributed by atoms with van der Waals surface area (Å²) in [5.41, 5.74) is 4.85. The largest absolute Gasteiger partial charge is 0.497 e. The molecule has 7 nitrogen and oxygen atoms in total. The summed E-state index contributed by atoms with van der Waals surface area (Å²) in [6, 6.07) is 24.2. The highest BCUT2D eigenvalue weighted by atomic mass is 32.1. The molecule has 0 N–H and O–H groups in total. The van der Waals surface area contributed by atoms with Crippen molar-refractivity contribution in [1.29, 1.82) is 0 Å². The number of hydrogen-bond acceptors (Lipinski definition) is 7. The van der Waals surface area contributed by atoms with Crippen LogP contribution in [0, 0.1) is 0 Å². The molecule has 0 atom stereocenters. The molecule has 0 aliphatic carbocycles. The number of hydrogen-bond donors (Lipinski definition) is 0. The molecule has 7 rings (SSSR count). The third-order valence-electron chi connectivity index (χ3n) is 6.67. The van der Waals surface area contributed by atoms with Crippen molar-refractivity contribution in [1.82, 2.24) is 4.98 Å². The molecule has 0 bridgehead atoms. The Bertz CT molecular complexity index is 1770. The van der Waals surface area contributed by atoms with Crippen LogP contribution < -0.4 is 28.4 Å². The standard InChI is InChI=1S/C29H23N4O3S/c1-31-21-8-4-6-10-24(21)35-27(31)15-18-14-19(16-28-32(2)22-9-5-7-11-25(22)36-28)33-23-13-12-20(34-3)17-26(23)37-29(33)30-18/h4-17H,1-3H3/q+1. The van der Waals surface area contributed by atoms with E-state index in [4.69, 9.17) is 19.2 Å². The van der Waals surface area contributed by atoms with Gasteiger partial charge in [0.05, 0.1) is 29.3 Å². The van der Waals surface area contributed by atoms with E-state index in [0.717, 1.165) is 67.0 Å². The van der Waals surface area contributed by atoms with Gasteiger partial charge in [0, 0.05) is 32.3 Å². The summed E-state index contributed by atoms with van der Waals surface area (Å²) in [6.07, 6.45) is 4.03. The zero-order valence-corrected chi connectivity index (χ0v) is 21.3. The third kappa shape index (κ3) is 3.48. The molecule has 0 fully saturated rings. The fourth-order valence-corrected chi connectivity index (χ4v) is 5.82. The Morgan fingerprint density at radius 1 is 0.838 bits per heavy atom. The van der Waals surface area contributed by atoms with Gasteiger partial charge in [-0.1, -0.05) is 24.3 Å². The van der Waals surface area contributed by atoms with E-state index in [2.05, 4.69) is 33.6 Å². The Kier molecular flexibility index (Phi) is 4.84. The van der Waals surface area contributed by atoms with E-state index in [1.165, 1.54) is 0 Å². The Labute approximate surface area is 217 Å². The lowest BCUT2D eigenvalue weighted by atomic mass is 10.2. The van der Waals surface area contributed by atoms with Crippen LogP contribution in [0.15, 0.2) is 84.6 Å². The maximum absolute atomic E-state index is 6.22. The fourth-order valence-electron chi connectivity index (χ4n) is 4.74. The first-order valence-corrected chi connectivity index (χ1v) is 12.7. The topological polar surface area (TPSA) is 51.2 Å². The molecule has 3 aromatic carbocycles. The summed E-state index contributed by atoms with van der Waals surface area (Å²) >= 11 is 1.62. The van der Waals surface area contributed by atoms with Gasteiger partial charge < -0.3 is 24.0 Å². The highest BCUT2D eigenvalue weighted by molar-refractivity contribution is 7.22. The Morgan fingerprint density at radius 2 is 1.49 bits per heavy atom. The third-order valence-corrected chi connectivity index (χ3v) is 7.67. The second-order valence-corrected chi connectivity index (χ2v) is 9.89. The van der Waals surface area contributed by atoms with Crippen LogP contribution in [0.5, 0.6) is 17.2 Å². The lowest BCUT2D eigenvalue weighted by Gasteiger charge is -2.11. The lowest BCUT2D eigenvalue weighted by Crippen LogP contribution is -2.26. The Hall–Kier alpha value is -4.56. The number of thiazole rings is 1. The molecule has 37 heavy (non-hydrogen) atoms. The summed E-state index contributed by atoms with van der Waals surface area (Å²) in [5, 5.41) is 0. The number of para-hydroxylation sites is 4. The van der Waals surface area contributed by atoms with Crippen molar-refractivity contribution in [3.8, 4) is 17.2 Å². The minimum Gasteiger partial charge on any atom is -0.497 e. The number of aromatic nitrogens is 2. The molecular weight excluding hydrogens is 484 g/mol. The molecule has 8 heteroatoms. The normalized spacial score (nSPS) is 16.4. The molecule has 2 aliphatic heterocycles. The molecule has 2 aromatic heterocycles. The van der Waals surface area contributed by atoms with E-state index in [0.29, 0.717) is 0 Å². The lowest BCUT2D eigenvalue weighted by molar-refractivity contribution is -0.482. The van der Waals surface area contributed by atoms with Crippen LogP contribution in [0.2, 0.25) is 0 Å². The molecule has 0 radical (unpaired) electrons. The van der Waals surface area contributed by atoms with Crippen molar-refractivity contribution in [2.45, 2.75) is 0 Å². The number of anilines is 2. The molecule has 2 aliphatic rings. The van der Waals surface area contributed by atoms with Gasteiger partial charge in [-0.2, -0.15) is 4.40 Å². The van der Waals surface area contributed by atoms with Gasteiger partial charge >= 0.3 is 4.96 Å². The number of fused-ring (bicyclic) bond motifs is 5. The van der Waals surface area contributed by atoms with Crippen molar-refractivity contribution in [3.63, 3.8) is 0 Å². The summed E-state index contributed by atoms with van der Waals surface area (Å²) in [4.78, 5) is 9.95. The predicted molar refractivity (Wildman–Crippen MR) is 146 cm³/mol. The smallest absolute Gasteiger partial charge is 0.389 e. The first-order valence-electron chi connectivity index (χ1n) is 11.9. The van der Waals surface area contributed by atoms with Crippen molar-refractivity contribution in [2.75, 3.05) is 31.0 Å². The summed E-state index contributed by atoms with van der Waals surface area (Å²) < 4.78 is 21.1. The summed E-state index contributed by atoms with van der Waals surface area (Å²) in [7, 11) is 5.69. The van der Waals surface area contributed by atoms with E-state index < -0.39 is 0 Å². The molecule has 4 heterocycles. The van der Waals surface area contributed by atoms with E-state index in [1.54, 1.807) is 18.4 Å². The van der Waals surface area contributed by atoms with Crippen LogP contribution in [0.4, 0.5) is 11.4 Å². The average molecular weight is 508 g/mol. The van der Waals surface area contributed by atoms with Crippen LogP contribution in [0.1, 0.15) is 11.4 Å². The second-order valence-electron chi connectivity index (χ2n) is 8.88. The Balaban J connectivity index is 1.40. The molecule has 0 amide bonds. The number of benzene rings is 3. The van der Waals surface area contributed by atoms with Crippen LogP contribution in [-0.2, 0) is 0 Å². The molecule has 0 saturated carbocycles. The van der Waals surface area contributed by atoms with E-state index in [9.17, 15) is 0 Å². The van der Waals surface area contributed by atoms with Crippen LogP contribution in [0.3, 0.4) is 0 Å². The van der Waals surface area contributed by atoms with Gasteiger partial charge in [0.15, 0.2) is 22.7 Å². The number of rotatable bonds is 3. The first-order chi connectivity index (χ1) is 18.1.